The highest BCUT2D eigenvalue weighted by Gasteiger charge is 2.07. The van der Waals surface area contributed by atoms with Gasteiger partial charge >= 0.3 is 0 Å². The summed E-state index contributed by atoms with van der Waals surface area (Å²) < 4.78 is 0. The Labute approximate surface area is 98.7 Å². The number of hydrogen-bond acceptors (Lipinski definition) is 3. The smallest absolute Gasteiger partial charge is 0.0569 e. The Kier molecular flexibility index (Phi) is 4.74. The summed E-state index contributed by atoms with van der Waals surface area (Å²) in [6.07, 6.45) is 1.92. The minimum Gasteiger partial charge on any atom is -0.370 e. The van der Waals surface area contributed by atoms with Crippen LogP contribution in [0, 0.1) is 5.92 Å². The standard InChI is InChI=1S/C13H23N3/c1-5-16(9-10(2)3)12-6-7-13(11(4)14)15-8-12/h6-8,10-11H,5,9,14H2,1-4H3. The molecule has 2 N–H and O–H groups in total. The van der Waals surface area contributed by atoms with Crippen LogP contribution in [0.15, 0.2) is 18.3 Å². The van der Waals surface area contributed by atoms with Gasteiger partial charge in [-0.15, -0.1) is 0 Å². The summed E-state index contributed by atoms with van der Waals surface area (Å²) in [5.41, 5.74) is 7.91. The molecular weight excluding hydrogens is 198 g/mol. The molecule has 90 valence electrons. The van der Waals surface area contributed by atoms with Crippen molar-refractivity contribution < 1.29 is 0 Å². The average Bonchev–Trinajstić information content (AvgIpc) is 2.25. The maximum absolute atomic E-state index is 5.78. The van der Waals surface area contributed by atoms with Crippen LogP contribution in [0.4, 0.5) is 5.69 Å². The summed E-state index contributed by atoms with van der Waals surface area (Å²) in [5, 5.41) is 0. The Balaban J connectivity index is 2.78. The number of aromatic nitrogens is 1. The van der Waals surface area contributed by atoms with Gasteiger partial charge in [0, 0.05) is 19.1 Å². The lowest BCUT2D eigenvalue weighted by molar-refractivity contribution is 0.618. The quantitative estimate of drug-likeness (QED) is 0.831. The van der Waals surface area contributed by atoms with Gasteiger partial charge in [0.1, 0.15) is 0 Å². The predicted octanol–water partition coefficient (Wildman–Crippen LogP) is 2.58. The lowest BCUT2D eigenvalue weighted by Crippen LogP contribution is -2.27. The van der Waals surface area contributed by atoms with Gasteiger partial charge in [0.2, 0.25) is 0 Å². The van der Waals surface area contributed by atoms with Gasteiger partial charge in [-0.1, -0.05) is 13.8 Å². The topological polar surface area (TPSA) is 42.1 Å². The van der Waals surface area contributed by atoms with E-state index < -0.39 is 0 Å². The molecule has 0 saturated heterocycles. The van der Waals surface area contributed by atoms with E-state index in [0.717, 1.165) is 18.8 Å². The minimum atomic E-state index is 0.00854. The molecule has 3 nitrogen and oxygen atoms in total. The largest absolute Gasteiger partial charge is 0.370 e. The highest BCUT2D eigenvalue weighted by atomic mass is 15.1. The van der Waals surface area contributed by atoms with Crippen molar-refractivity contribution in [1.29, 1.82) is 0 Å². The minimum absolute atomic E-state index is 0.00854. The van der Waals surface area contributed by atoms with E-state index in [9.17, 15) is 0 Å². The first-order valence-corrected chi connectivity index (χ1v) is 6.01. The van der Waals surface area contributed by atoms with Gasteiger partial charge in [0.15, 0.2) is 0 Å². The number of nitrogens with two attached hydrogens (primary N) is 1. The van der Waals surface area contributed by atoms with Crippen LogP contribution >= 0.6 is 0 Å². The van der Waals surface area contributed by atoms with Crippen LogP contribution < -0.4 is 10.6 Å². The van der Waals surface area contributed by atoms with Crippen LogP contribution in [0.1, 0.15) is 39.4 Å². The third kappa shape index (κ3) is 3.49. The van der Waals surface area contributed by atoms with Gasteiger partial charge in [0.25, 0.3) is 0 Å². The molecule has 0 saturated carbocycles. The fourth-order valence-corrected chi connectivity index (χ4v) is 1.71. The summed E-state index contributed by atoms with van der Waals surface area (Å²) in [6.45, 7) is 10.7. The number of pyridine rings is 1. The summed E-state index contributed by atoms with van der Waals surface area (Å²) in [7, 11) is 0. The molecule has 1 heterocycles. The highest BCUT2D eigenvalue weighted by molar-refractivity contribution is 5.44. The second-order valence-electron chi connectivity index (χ2n) is 4.66. The molecule has 1 rings (SSSR count). The molecule has 0 amide bonds. The van der Waals surface area contributed by atoms with E-state index in [2.05, 4.69) is 36.7 Å². The molecule has 0 radical (unpaired) electrons. The second kappa shape index (κ2) is 5.85. The van der Waals surface area contributed by atoms with Crippen molar-refractivity contribution in [3.05, 3.63) is 24.0 Å². The van der Waals surface area contributed by atoms with Crippen molar-refractivity contribution in [2.24, 2.45) is 11.7 Å². The van der Waals surface area contributed by atoms with Gasteiger partial charge in [0.05, 0.1) is 17.6 Å². The fraction of sp³-hybridized carbons (Fsp3) is 0.615. The molecule has 0 aliphatic carbocycles. The van der Waals surface area contributed by atoms with E-state index in [1.54, 1.807) is 0 Å². The number of hydrogen-bond donors (Lipinski definition) is 1. The van der Waals surface area contributed by atoms with E-state index in [1.807, 2.05) is 19.2 Å². The molecular formula is C13H23N3. The van der Waals surface area contributed by atoms with Gasteiger partial charge in [-0.05, 0) is 31.9 Å². The maximum atomic E-state index is 5.78. The lowest BCUT2D eigenvalue weighted by atomic mass is 10.2. The molecule has 0 bridgehead atoms. The maximum Gasteiger partial charge on any atom is 0.0569 e. The van der Waals surface area contributed by atoms with E-state index in [4.69, 9.17) is 5.73 Å². The predicted molar refractivity (Wildman–Crippen MR) is 69.6 cm³/mol. The summed E-state index contributed by atoms with van der Waals surface area (Å²) >= 11 is 0. The van der Waals surface area contributed by atoms with E-state index >= 15 is 0 Å². The molecule has 1 aromatic heterocycles. The Hall–Kier alpha value is -1.09. The summed E-state index contributed by atoms with van der Waals surface area (Å²) in [5.74, 6) is 0.660. The van der Waals surface area contributed by atoms with Crippen molar-refractivity contribution in [3.8, 4) is 0 Å². The first kappa shape index (κ1) is 13.0. The van der Waals surface area contributed by atoms with Crippen molar-refractivity contribution in [2.75, 3.05) is 18.0 Å². The van der Waals surface area contributed by atoms with Crippen LogP contribution in [0.2, 0.25) is 0 Å². The van der Waals surface area contributed by atoms with Crippen LogP contribution in [-0.4, -0.2) is 18.1 Å². The van der Waals surface area contributed by atoms with Gasteiger partial charge in [-0.2, -0.15) is 0 Å². The van der Waals surface area contributed by atoms with E-state index in [1.165, 1.54) is 5.69 Å². The van der Waals surface area contributed by atoms with Gasteiger partial charge in [-0.25, -0.2) is 0 Å². The van der Waals surface area contributed by atoms with Crippen LogP contribution in [0.5, 0.6) is 0 Å². The van der Waals surface area contributed by atoms with E-state index in [-0.39, 0.29) is 6.04 Å². The van der Waals surface area contributed by atoms with Crippen molar-refractivity contribution >= 4 is 5.69 Å². The molecule has 1 atom stereocenters. The molecule has 16 heavy (non-hydrogen) atoms. The molecule has 3 heteroatoms. The lowest BCUT2D eigenvalue weighted by Gasteiger charge is -2.25. The molecule has 0 aliphatic rings. The normalized spacial score (nSPS) is 12.9. The van der Waals surface area contributed by atoms with Gasteiger partial charge < -0.3 is 10.6 Å². The van der Waals surface area contributed by atoms with Crippen LogP contribution in [0.3, 0.4) is 0 Å². The molecule has 1 unspecified atom stereocenters. The van der Waals surface area contributed by atoms with Gasteiger partial charge in [-0.3, -0.25) is 4.98 Å². The van der Waals surface area contributed by atoms with Crippen molar-refractivity contribution in [2.45, 2.75) is 33.7 Å². The number of rotatable bonds is 5. The van der Waals surface area contributed by atoms with Crippen molar-refractivity contribution in [1.82, 2.24) is 4.98 Å². The molecule has 0 aliphatic heterocycles. The highest BCUT2D eigenvalue weighted by Crippen LogP contribution is 2.16. The van der Waals surface area contributed by atoms with Crippen LogP contribution in [0.25, 0.3) is 0 Å². The monoisotopic (exact) mass is 221 g/mol. The Morgan fingerprint density at radius 1 is 1.31 bits per heavy atom. The Bertz CT molecular complexity index is 303. The van der Waals surface area contributed by atoms with E-state index in [0.29, 0.717) is 5.92 Å². The van der Waals surface area contributed by atoms with Crippen LogP contribution in [-0.2, 0) is 0 Å². The molecule has 0 aromatic carbocycles. The Morgan fingerprint density at radius 3 is 2.38 bits per heavy atom. The zero-order valence-corrected chi connectivity index (χ0v) is 10.8. The number of nitrogens with zero attached hydrogens (tertiary/aromatic N) is 2. The first-order chi connectivity index (χ1) is 7.54. The second-order valence-corrected chi connectivity index (χ2v) is 4.66. The summed E-state index contributed by atoms with van der Waals surface area (Å²) in [4.78, 5) is 6.72. The molecule has 0 fully saturated rings. The summed E-state index contributed by atoms with van der Waals surface area (Å²) in [6, 6.07) is 4.13. The SMILES string of the molecule is CCN(CC(C)C)c1ccc(C(C)N)nc1. The zero-order valence-electron chi connectivity index (χ0n) is 10.8. The zero-order chi connectivity index (χ0) is 12.1. The Morgan fingerprint density at radius 2 is 2.00 bits per heavy atom. The molecule has 0 spiro atoms. The molecule has 1 aromatic rings. The third-order valence-electron chi connectivity index (χ3n) is 2.57. The van der Waals surface area contributed by atoms with Crippen molar-refractivity contribution in [3.63, 3.8) is 0 Å². The average molecular weight is 221 g/mol. The first-order valence-electron chi connectivity index (χ1n) is 6.01. The third-order valence-corrected chi connectivity index (χ3v) is 2.57. The fourth-order valence-electron chi connectivity index (χ4n) is 1.71. The number of anilines is 1.